The topological polar surface area (TPSA) is 114 Å². The van der Waals surface area contributed by atoms with Crippen LogP contribution in [-0.2, 0) is 0 Å². The Hall–Kier alpha value is -3.75. The predicted molar refractivity (Wildman–Crippen MR) is 127 cm³/mol. The molecule has 0 atom stereocenters. The second-order valence-electron chi connectivity index (χ2n) is 8.22. The van der Waals surface area contributed by atoms with Crippen molar-refractivity contribution in [3.63, 3.8) is 0 Å². The maximum absolute atomic E-state index is 13.1. The van der Waals surface area contributed by atoms with Gasteiger partial charge in [0, 0.05) is 43.2 Å². The lowest BCUT2D eigenvalue weighted by Gasteiger charge is -2.23. The fourth-order valence-corrected chi connectivity index (χ4v) is 4.19. The Labute approximate surface area is 192 Å². The number of phenolic OH excluding ortho intramolecular Hbond substituents is 1. The molecule has 1 aliphatic heterocycles. The van der Waals surface area contributed by atoms with Crippen LogP contribution in [0.5, 0.6) is 17.2 Å². The molecule has 1 amide bonds. The molecule has 9 nitrogen and oxygen atoms in total. The monoisotopic (exact) mass is 451 g/mol. The minimum atomic E-state index is -0.0428. The number of anilines is 2. The fourth-order valence-electron chi connectivity index (χ4n) is 4.19. The van der Waals surface area contributed by atoms with Crippen LogP contribution >= 0.6 is 0 Å². The van der Waals surface area contributed by atoms with E-state index in [9.17, 15) is 9.90 Å². The number of hydrogen-bond donors (Lipinski definition) is 2. The molecule has 0 aliphatic carbocycles. The number of carbonyl (C=O) groups is 1. The minimum absolute atomic E-state index is 0.0428. The first-order valence-corrected chi connectivity index (χ1v) is 10.9. The average Bonchev–Trinajstić information content (AvgIpc) is 3.07. The van der Waals surface area contributed by atoms with Gasteiger partial charge in [0.25, 0.3) is 5.91 Å². The molecule has 3 N–H and O–H groups in total. The largest absolute Gasteiger partial charge is 0.507 e. The summed E-state index contributed by atoms with van der Waals surface area (Å²) in [5, 5.41) is 10.7. The van der Waals surface area contributed by atoms with Crippen molar-refractivity contribution in [2.24, 2.45) is 0 Å². The summed E-state index contributed by atoms with van der Waals surface area (Å²) in [4.78, 5) is 26.2. The van der Waals surface area contributed by atoms with Crippen molar-refractivity contribution in [3.8, 4) is 17.2 Å². The normalized spacial score (nSPS) is 14.3. The van der Waals surface area contributed by atoms with E-state index in [1.165, 1.54) is 0 Å². The molecule has 3 aromatic rings. The molecule has 1 fully saturated rings. The van der Waals surface area contributed by atoms with Gasteiger partial charge in [-0.15, -0.1) is 0 Å². The van der Waals surface area contributed by atoms with Gasteiger partial charge in [-0.2, -0.15) is 4.98 Å². The van der Waals surface area contributed by atoms with Crippen molar-refractivity contribution in [1.29, 1.82) is 0 Å². The molecule has 1 saturated heterocycles. The summed E-state index contributed by atoms with van der Waals surface area (Å²) in [6, 6.07) is 7.04. The molecule has 2 aromatic carbocycles. The highest BCUT2D eigenvalue weighted by atomic mass is 16.5. The Balaban J connectivity index is 1.56. The number of fused-ring (bicyclic) bond motifs is 1. The van der Waals surface area contributed by atoms with Crippen LogP contribution in [0.4, 0.5) is 11.8 Å². The Kier molecular flexibility index (Phi) is 6.13. The number of aromatic nitrogens is 2. The third-order valence-corrected chi connectivity index (χ3v) is 6.02. The van der Waals surface area contributed by atoms with E-state index >= 15 is 0 Å². The molecular formula is C24H29N5O4. The van der Waals surface area contributed by atoms with Crippen LogP contribution in [0.3, 0.4) is 0 Å². The Morgan fingerprint density at radius 1 is 0.970 bits per heavy atom. The van der Waals surface area contributed by atoms with E-state index in [4.69, 9.17) is 20.2 Å². The number of benzene rings is 2. The number of nitrogens with zero attached hydrogens (tertiary/aromatic N) is 4. The van der Waals surface area contributed by atoms with Gasteiger partial charge in [-0.3, -0.25) is 4.79 Å². The van der Waals surface area contributed by atoms with E-state index in [-0.39, 0.29) is 11.7 Å². The molecule has 0 saturated carbocycles. The maximum atomic E-state index is 13.1. The van der Waals surface area contributed by atoms with Crippen molar-refractivity contribution < 1.29 is 19.4 Å². The van der Waals surface area contributed by atoms with Crippen molar-refractivity contribution in [3.05, 3.63) is 41.0 Å². The second kappa shape index (κ2) is 9.01. The van der Waals surface area contributed by atoms with Crippen LogP contribution in [0.25, 0.3) is 10.9 Å². The van der Waals surface area contributed by atoms with Gasteiger partial charge < -0.3 is 30.1 Å². The summed E-state index contributed by atoms with van der Waals surface area (Å²) >= 11 is 0. The van der Waals surface area contributed by atoms with Crippen LogP contribution in [0.2, 0.25) is 0 Å². The van der Waals surface area contributed by atoms with Crippen molar-refractivity contribution in [1.82, 2.24) is 14.9 Å². The summed E-state index contributed by atoms with van der Waals surface area (Å²) in [7, 11) is 3.15. The Morgan fingerprint density at radius 3 is 2.30 bits per heavy atom. The molecular weight excluding hydrogens is 422 g/mol. The number of hydrogen-bond acceptors (Lipinski definition) is 8. The van der Waals surface area contributed by atoms with E-state index < -0.39 is 0 Å². The molecule has 1 aliphatic rings. The van der Waals surface area contributed by atoms with Crippen LogP contribution in [0, 0.1) is 13.8 Å². The van der Waals surface area contributed by atoms with Gasteiger partial charge in [-0.25, -0.2) is 4.98 Å². The quantitative estimate of drug-likeness (QED) is 0.622. The molecule has 9 heteroatoms. The first kappa shape index (κ1) is 22.4. The van der Waals surface area contributed by atoms with Gasteiger partial charge in [0.05, 0.1) is 19.7 Å². The van der Waals surface area contributed by atoms with E-state index in [0.29, 0.717) is 77.0 Å². The number of aromatic hydroxyl groups is 1. The molecule has 0 spiro atoms. The fraction of sp³-hybridized carbons (Fsp3) is 0.375. The minimum Gasteiger partial charge on any atom is -0.507 e. The lowest BCUT2D eigenvalue weighted by molar-refractivity contribution is 0.0766. The SMILES string of the molecule is COc1cc2nc(N3CCCN(C(=O)c4cc(C)c(O)c(C)c4)CC3)nc(N)c2cc1OC. The lowest BCUT2D eigenvalue weighted by Crippen LogP contribution is -2.35. The second-order valence-corrected chi connectivity index (χ2v) is 8.22. The van der Waals surface area contributed by atoms with Gasteiger partial charge in [0.15, 0.2) is 11.5 Å². The summed E-state index contributed by atoms with van der Waals surface area (Å²) in [5.41, 5.74) is 8.90. The number of nitrogen functional groups attached to an aromatic ring is 1. The molecule has 0 radical (unpaired) electrons. The molecule has 4 rings (SSSR count). The van der Waals surface area contributed by atoms with Crippen molar-refractivity contribution in [2.45, 2.75) is 20.3 Å². The van der Waals surface area contributed by atoms with E-state index in [1.54, 1.807) is 52.3 Å². The van der Waals surface area contributed by atoms with Gasteiger partial charge >= 0.3 is 0 Å². The molecule has 0 unspecified atom stereocenters. The Bertz CT molecular complexity index is 1190. The molecule has 1 aromatic heterocycles. The Morgan fingerprint density at radius 2 is 1.64 bits per heavy atom. The number of aryl methyl sites for hydroxylation is 2. The molecule has 0 bridgehead atoms. The average molecular weight is 452 g/mol. The van der Waals surface area contributed by atoms with Crippen molar-refractivity contribution in [2.75, 3.05) is 51.0 Å². The smallest absolute Gasteiger partial charge is 0.253 e. The number of ether oxygens (including phenoxy) is 2. The lowest BCUT2D eigenvalue weighted by atomic mass is 10.0. The highest BCUT2D eigenvalue weighted by Gasteiger charge is 2.23. The number of amides is 1. The maximum Gasteiger partial charge on any atom is 0.253 e. The van der Waals surface area contributed by atoms with E-state index in [2.05, 4.69) is 4.98 Å². The number of rotatable bonds is 4. The zero-order valence-corrected chi connectivity index (χ0v) is 19.4. The molecule has 2 heterocycles. The summed E-state index contributed by atoms with van der Waals surface area (Å²) in [6.45, 7) is 6.05. The highest BCUT2D eigenvalue weighted by molar-refractivity contribution is 5.95. The van der Waals surface area contributed by atoms with Gasteiger partial charge in [-0.1, -0.05) is 0 Å². The molecule has 33 heavy (non-hydrogen) atoms. The number of nitrogens with two attached hydrogens (primary N) is 1. The number of methoxy groups -OCH3 is 2. The first-order chi connectivity index (χ1) is 15.8. The van der Waals surface area contributed by atoms with E-state index in [0.717, 1.165) is 6.42 Å². The zero-order chi connectivity index (χ0) is 23.7. The van der Waals surface area contributed by atoms with E-state index in [1.807, 2.05) is 9.80 Å². The predicted octanol–water partition coefficient (Wildman–Crippen LogP) is 2.90. The number of phenols is 1. The van der Waals surface area contributed by atoms with Crippen LogP contribution < -0.4 is 20.1 Å². The van der Waals surface area contributed by atoms with Gasteiger partial charge in [0.2, 0.25) is 5.95 Å². The molecule has 174 valence electrons. The van der Waals surface area contributed by atoms with Crippen LogP contribution in [0.15, 0.2) is 24.3 Å². The van der Waals surface area contributed by atoms with Gasteiger partial charge in [-0.05, 0) is 49.6 Å². The van der Waals surface area contributed by atoms with Gasteiger partial charge in [0.1, 0.15) is 11.6 Å². The van der Waals surface area contributed by atoms with Crippen LogP contribution in [-0.4, -0.2) is 66.3 Å². The third kappa shape index (κ3) is 4.30. The zero-order valence-electron chi connectivity index (χ0n) is 19.4. The first-order valence-electron chi connectivity index (χ1n) is 10.9. The highest BCUT2D eigenvalue weighted by Crippen LogP contribution is 2.34. The number of carbonyl (C=O) groups excluding carboxylic acids is 1. The third-order valence-electron chi connectivity index (χ3n) is 6.02. The van der Waals surface area contributed by atoms with Crippen molar-refractivity contribution >= 4 is 28.6 Å². The summed E-state index contributed by atoms with van der Waals surface area (Å²) in [5.74, 6) is 2.21. The summed E-state index contributed by atoms with van der Waals surface area (Å²) in [6.07, 6.45) is 0.773. The standard InChI is InChI=1S/C24H29N5O4/c1-14-10-16(11-15(2)21(14)30)23(31)28-6-5-7-29(9-8-28)24-26-18-13-20(33-4)19(32-3)12-17(18)22(25)27-24/h10-13,30H,5-9H2,1-4H3,(H2,25,26,27). The summed E-state index contributed by atoms with van der Waals surface area (Å²) < 4.78 is 10.8. The van der Waals surface area contributed by atoms with Crippen LogP contribution in [0.1, 0.15) is 27.9 Å².